The van der Waals surface area contributed by atoms with Crippen LogP contribution in [-0.4, -0.2) is 17.9 Å². The molecule has 2 aliphatic rings. The molecule has 0 aromatic rings. The Morgan fingerprint density at radius 1 is 0.667 bits per heavy atom. The molecule has 0 aromatic heterocycles. The Morgan fingerprint density at radius 2 is 1.07 bits per heavy atom. The number of ether oxygens (including phenoxy) is 2. The summed E-state index contributed by atoms with van der Waals surface area (Å²) in [6.45, 7) is 17.8. The third-order valence-electron chi connectivity index (χ3n) is 7.38. The average molecular weight is 381 g/mol. The van der Waals surface area contributed by atoms with Crippen LogP contribution in [-0.2, 0) is 9.47 Å². The van der Waals surface area contributed by atoms with Crippen LogP contribution in [0.4, 0.5) is 4.79 Å². The molecule has 0 aromatic carbocycles. The Balaban J connectivity index is 1.82. The number of carbonyl (C=O) groups is 1. The van der Waals surface area contributed by atoms with Crippen LogP contribution in [0.25, 0.3) is 0 Å². The second-order valence-corrected chi connectivity index (χ2v) is 11.8. The molecule has 2 rings (SSSR count). The van der Waals surface area contributed by atoms with Gasteiger partial charge in [0.05, 0.1) is 0 Å². The van der Waals surface area contributed by atoms with Gasteiger partial charge < -0.3 is 9.47 Å². The van der Waals surface area contributed by atoms with Gasteiger partial charge in [0.15, 0.2) is 0 Å². The van der Waals surface area contributed by atoms with Crippen LogP contribution in [0.1, 0.15) is 107 Å². The van der Waals surface area contributed by atoms with Crippen molar-refractivity contribution in [3.8, 4) is 0 Å². The third-order valence-corrected chi connectivity index (χ3v) is 7.38. The van der Waals surface area contributed by atoms with Crippen LogP contribution < -0.4 is 0 Å². The van der Waals surface area contributed by atoms with Crippen molar-refractivity contribution < 1.29 is 14.3 Å². The van der Waals surface area contributed by atoms with Crippen molar-refractivity contribution in [2.75, 3.05) is 0 Å². The molecule has 0 N–H and O–H groups in total. The zero-order valence-electron chi connectivity index (χ0n) is 19.2. The van der Waals surface area contributed by atoms with Gasteiger partial charge in [0, 0.05) is 0 Å². The SMILES string of the molecule is CC(C)(C)OC(=O)OC1CCC(C(C)(C)C2CCC(C(C)(C)C)CC2)CC1. The molecule has 0 heterocycles. The fourth-order valence-electron chi connectivity index (χ4n) is 5.37. The lowest BCUT2D eigenvalue weighted by Crippen LogP contribution is -2.39. The average Bonchev–Trinajstić information content (AvgIpc) is 2.53. The first-order valence-corrected chi connectivity index (χ1v) is 11.2. The van der Waals surface area contributed by atoms with Crippen LogP contribution in [0.5, 0.6) is 0 Å². The van der Waals surface area contributed by atoms with Gasteiger partial charge in [-0.2, -0.15) is 0 Å². The van der Waals surface area contributed by atoms with Crippen LogP contribution in [0.15, 0.2) is 0 Å². The molecule has 2 aliphatic carbocycles. The Morgan fingerprint density at radius 3 is 1.48 bits per heavy atom. The molecule has 0 atom stereocenters. The largest absolute Gasteiger partial charge is 0.509 e. The maximum absolute atomic E-state index is 11.9. The van der Waals surface area contributed by atoms with E-state index in [2.05, 4.69) is 34.6 Å². The van der Waals surface area contributed by atoms with Crippen molar-refractivity contribution in [1.82, 2.24) is 0 Å². The topological polar surface area (TPSA) is 35.5 Å². The Hall–Kier alpha value is -0.730. The highest BCUT2D eigenvalue weighted by molar-refractivity contribution is 5.60. The molecular formula is C24H44O3. The van der Waals surface area contributed by atoms with Crippen molar-refractivity contribution in [2.45, 2.75) is 118 Å². The maximum Gasteiger partial charge on any atom is 0.509 e. The van der Waals surface area contributed by atoms with Crippen LogP contribution in [0.2, 0.25) is 0 Å². The molecule has 27 heavy (non-hydrogen) atoms. The van der Waals surface area contributed by atoms with E-state index in [1.54, 1.807) is 0 Å². The van der Waals surface area contributed by atoms with Crippen LogP contribution >= 0.6 is 0 Å². The summed E-state index contributed by atoms with van der Waals surface area (Å²) in [5.74, 6) is 2.46. The molecule has 0 aliphatic heterocycles. The van der Waals surface area contributed by atoms with Crippen LogP contribution in [0.3, 0.4) is 0 Å². The second kappa shape index (κ2) is 8.33. The van der Waals surface area contributed by atoms with E-state index in [4.69, 9.17) is 9.47 Å². The van der Waals surface area contributed by atoms with E-state index < -0.39 is 11.8 Å². The fourth-order valence-corrected chi connectivity index (χ4v) is 5.37. The maximum atomic E-state index is 11.9. The van der Waals surface area contributed by atoms with E-state index in [0.29, 0.717) is 10.8 Å². The van der Waals surface area contributed by atoms with Gasteiger partial charge in [0.2, 0.25) is 0 Å². The minimum atomic E-state index is -0.509. The molecule has 2 fully saturated rings. The molecule has 158 valence electrons. The Bertz CT molecular complexity index is 479. The van der Waals surface area contributed by atoms with Crippen molar-refractivity contribution in [3.63, 3.8) is 0 Å². The quantitative estimate of drug-likeness (QED) is 0.479. The Kier molecular flexibility index (Phi) is 6.96. The predicted octanol–water partition coefficient (Wildman–Crippen LogP) is 7.38. The van der Waals surface area contributed by atoms with E-state index in [1.807, 2.05) is 20.8 Å². The highest BCUT2D eigenvalue weighted by Gasteiger charge is 2.42. The zero-order chi connectivity index (χ0) is 20.5. The van der Waals surface area contributed by atoms with E-state index in [-0.39, 0.29) is 6.10 Å². The lowest BCUT2D eigenvalue weighted by molar-refractivity contribution is -0.0469. The van der Waals surface area contributed by atoms with Crippen molar-refractivity contribution in [1.29, 1.82) is 0 Å². The monoisotopic (exact) mass is 380 g/mol. The molecular weight excluding hydrogens is 336 g/mol. The van der Waals surface area contributed by atoms with E-state index in [1.165, 1.54) is 38.5 Å². The van der Waals surface area contributed by atoms with Gasteiger partial charge in [-0.1, -0.05) is 34.6 Å². The van der Waals surface area contributed by atoms with Crippen molar-refractivity contribution in [2.24, 2.45) is 28.6 Å². The molecule has 0 spiro atoms. The number of hydrogen-bond acceptors (Lipinski definition) is 3. The zero-order valence-corrected chi connectivity index (χ0v) is 19.2. The van der Waals surface area contributed by atoms with Gasteiger partial charge in [-0.3, -0.25) is 0 Å². The van der Waals surface area contributed by atoms with Gasteiger partial charge >= 0.3 is 6.16 Å². The standard InChI is InChI=1S/C24H44O3/c1-22(2,3)17-9-11-18(12-10-17)24(7,8)19-13-15-20(16-14-19)26-21(25)27-23(4,5)6/h17-20H,9-16H2,1-8H3. The summed E-state index contributed by atoms with van der Waals surface area (Å²) in [4.78, 5) is 11.9. The first-order chi connectivity index (χ1) is 12.3. The summed E-state index contributed by atoms with van der Waals surface area (Å²) in [7, 11) is 0. The molecule has 0 bridgehead atoms. The lowest BCUT2D eigenvalue weighted by Gasteiger charge is -2.48. The third kappa shape index (κ3) is 6.39. The summed E-state index contributed by atoms with van der Waals surface area (Å²) >= 11 is 0. The number of rotatable bonds is 3. The first kappa shape index (κ1) is 22.6. The second-order valence-electron chi connectivity index (χ2n) is 11.8. The normalized spacial score (nSPS) is 30.7. The summed E-state index contributed by atoms with van der Waals surface area (Å²) < 4.78 is 10.9. The Labute approximate surface area is 168 Å². The first-order valence-electron chi connectivity index (χ1n) is 11.2. The van der Waals surface area contributed by atoms with Crippen molar-refractivity contribution in [3.05, 3.63) is 0 Å². The molecule has 0 saturated heterocycles. The summed E-state index contributed by atoms with van der Waals surface area (Å²) in [5.41, 5.74) is 0.355. The van der Waals surface area contributed by atoms with Gasteiger partial charge in [0.25, 0.3) is 0 Å². The van der Waals surface area contributed by atoms with Crippen molar-refractivity contribution >= 4 is 6.16 Å². The number of carbonyl (C=O) groups excluding carboxylic acids is 1. The highest BCUT2D eigenvalue weighted by Crippen LogP contribution is 2.51. The number of hydrogen-bond donors (Lipinski definition) is 0. The highest BCUT2D eigenvalue weighted by atomic mass is 16.7. The summed E-state index contributed by atoms with van der Waals surface area (Å²) in [6, 6.07) is 0. The van der Waals surface area contributed by atoms with E-state index >= 15 is 0 Å². The molecule has 0 amide bonds. The fraction of sp³-hybridized carbons (Fsp3) is 0.958. The molecule has 0 unspecified atom stereocenters. The van der Waals surface area contributed by atoms with E-state index in [0.717, 1.165) is 30.6 Å². The van der Waals surface area contributed by atoms with E-state index in [9.17, 15) is 4.79 Å². The summed E-state index contributed by atoms with van der Waals surface area (Å²) in [6.07, 6.45) is 9.33. The van der Waals surface area contributed by atoms with Gasteiger partial charge in [-0.15, -0.1) is 0 Å². The molecule has 0 radical (unpaired) electrons. The summed E-state index contributed by atoms with van der Waals surface area (Å²) in [5, 5.41) is 0. The predicted molar refractivity (Wildman–Crippen MR) is 112 cm³/mol. The van der Waals surface area contributed by atoms with Crippen LogP contribution in [0, 0.1) is 28.6 Å². The molecule has 3 heteroatoms. The van der Waals surface area contributed by atoms with Gasteiger partial charge in [-0.05, 0) is 101 Å². The molecule has 2 saturated carbocycles. The minimum Gasteiger partial charge on any atom is -0.431 e. The molecule has 3 nitrogen and oxygen atoms in total. The minimum absolute atomic E-state index is 0.0310. The van der Waals surface area contributed by atoms with Gasteiger partial charge in [-0.25, -0.2) is 4.79 Å². The van der Waals surface area contributed by atoms with Gasteiger partial charge in [0.1, 0.15) is 11.7 Å². The smallest absolute Gasteiger partial charge is 0.431 e. The lowest BCUT2D eigenvalue weighted by atomic mass is 9.58.